The third-order valence-electron chi connectivity index (χ3n) is 6.04. The van der Waals surface area contributed by atoms with Gasteiger partial charge in [-0.25, -0.2) is 0 Å². The molecule has 3 unspecified atom stereocenters. The van der Waals surface area contributed by atoms with Crippen molar-refractivity contribution in [3.05, 3.63) is 0 Å². The second-order valence-electron chi connectivity index (χ2n) is 7.20. The summed E-state index contributed by atoms with van der Waals surface area (Å²) in [6, 6.07) is 0.311. The number of carbonyl (C=O) groups is 1. The Kier molecular flexibility index (Phi) is 3.08. The summed E-state index contributed by atoms with van der Waals surface area (Å²) in [5.41, 5.74) is -0.172. The van der Waals surface area contributed by atoms with Crippen molar-refractivity contribution in [1.29, 1.82) is 0 Å². The molecule has 4 fully saturated rings. The minimum atomic E-state index is -0.172. The molecule has 4 rings (SSSR count). The number of rotatable bonds is 3. The lowest BCUT2D eigenvalue weighted by molar-refractivity contribution is -0.136. The van der Waals surface area contributed by atoms with Gasteiger partial charge in [0.05, 0.1) is 23.9 Å². The van der Waals surface area contributed by atoms with Crippen LogP contribution in [0.25, 0.3) is 0 Å². The highest BCUT2D eigenvalue weighted by Gasteiger charge is 2.62. The van der Waals surface area contributed by atoms with Crippen molar-refractivity contribution in [2.24, 2.45) is 5.92 Å². The van der Waals surface area contributed by atoms with Crippen molar-refractivity contribution >= 4 is 5.91 Å². The van der Waals surface area contributed by atoms with Gasteiger partial charge in [0.1, 0.15) is 0 Å². The van der Waals surface area contributed by atoms with E-state index < -0.39 is 0 Å². The molecule has 112 valence electrons. The first kappa shape index (κ1) is 13.1. The van der Waals surface area contributed by atoms with E-state index in [0.717, 1.165) is 25.7 Å². The molecule has 0 aromatic carbocycles. The predicted octanol–water partition coefficient (Wildman–Crippen LogP) is 2.03. The fraction of sp³-hybridized carbons (Fsp3) is 0.938. The number of hydrogen-bond acceptors (Lipinski definition) is 3. The van der Waals surface area contributed by atoms with E-state index in [0.29, 0.717) is 17.9 Å². The van der Waals surface area contributed by atoms with Crippen LogP contribution in [0.5, 0.6) is 0 Å². The number of ether oxygens (including phenoxy) is 1. The topological polar surface area (TPSA) is 41.6 Å². The molecular formula is C16H26N2O2. The number of methoxy groups -OCH3 is 1. The van der Waals surface area contributed by atoms with Gasteiger partial charge < -0.3 is 9.64 Å². The van der Waals surface area contributed by atoms with Crippen molar-refractivity contribution in [3.63, 3.8) is 0 Å². The zero-order valence-electron chi connectivity index (χ0n) is 12.4. The van der Waals surface area contributed by atoms with Crippen molar-refractivity contribution in [1.82, 2.24) is 10.2 Å². The third-order valence-corrected chi connectivity index (χ3v) is 6.04. The lowest BCUT2D eigenvalue weighted by Gasteiger charge is -2.36. The Bertz CT molecular complexity index is 401. The first-order valence-electron chi connectivity index (χ1n) is 8.38. The Morgan fingerprint density at radius 3 is 2.55 bits per heavy atom. The van der Waals surface area contributed by atoms with Crippen LogP contribution in [-0.4, -0.2) is 41.8 Å². The maximum absolute atomic E-state index is 12.9. The van der Waals surface area contributed by atoms with Crippen LogP contribution in [-0.2, 0) is 9.53 Å². The molecule has 3 atom stereocenters. The largest absolute Gasteiger partial charge is 0.379 e. The number of hydrogen-bond donors (Lipinski definition) is 1. The van der Waals surface area contributed by atoms with Gasteiger partial charge in [0.2, 0.25) is 5.91 Å². The zero-order valence-corrected chi connectivity index (χ0v) is 12.4. The third kappa shape index (κ3) is 1.84. The maximum Gasteiger partial charge on any atom is 0.244 e. The lowest BCUT2D eigenvalue weighted by atomic mass is 10.0. The summed E-state index contributed by atoms with van der Waals surface area (Å²) in [5, 5.41) is 3.73. The summed E-state index contributed by atoms with van der Waals surface area (Å²) in [5.74, 6) is 1.04. The average Bonchev–Trinajstić information content (AvgIpc) is 2.87. The SMILES string of the molecule is COC1CCCC1N1C(=O)C2(CC2)NC1C1CCCC1. The molecule has 1 amide bonds. The van der Waals surface area contributed by atoms with E-state index >= 15 is 0 Å². The monoisotopic (exact) mass is 278 g/mol. The number of amides is 1. The second kappa shape index (κ2) is 4.70. The molecule has 1 spiro atoms. The van der Waals surface area contributed by atoms with E-state index in [1.807, 2.05) is 0 Å². The Morgan fingerprint density at radius 1 is 1.15 bits per heavy atom. The van der Waals surface area contributed by atoms with E-state index in [9.17, 15) is 4.79 Å². The summed E-state index contributed by atoms with van der Waals surface area (Å²) in [7, 11) is 1.80. The highest BCUT2D eigenvalue weighted by atomic mass is 16.5. The molecule has 20 heavy (non-hydrogen) atoms. The summed E-state index contributed by atoms with van der Waals surface area (Å²) < 4.78 is 5.66. The molecule has 1 saturated heterocycles. The van der Waals surface area contributed by atoms with Gasteiger partial charge in [-0.3, -0.25) is 10.1 Å². The maximum atomic E-state index is 12.9. The van der Waals surface area contributed by atoms with Crippen LogP contribution in [0.3, 0.4) is 0 Å². The van der Waals surface area contributed by atoms with Crippen LogP contribution in [0.4, 0.5) is 0 Å². The van der Waals surface area contributed by atoms with Crippen molar-refractivity contribution < 1.29 is 9.53 Å². The standard InChI is InChI=1S/C16H26N2O2/c1-20-13-8-4-7-12(13)18-14(11-5-2-3-6-11)17-16(9-10-16)15(18)19/h11-14,17H,2-10H2,1H3. The van der Waals surface area contributed by atoms with Gasteiger partial charge in [-0.05, 0) is 50.9 Å². The summed E-state index contributed by atoms with van der Waals surface area (Å²) in [6.45, 7) is 0. The van der Waals surface area contributed by atoms with Crippen molar-refractivity contribution in [3.8, 4) is 0 Å². The molecule has 1 heterocycles. The van der Waals surface area contributed by atoms with Crippen LogP contribution in [0.2, 0.25) is 0 Å². The molecule has 4 heteroatoms. The van der Waals surface area contributed by atoms with E-state index in [2.05, 4.69) is 10.2 Å². The molecule has 0 aromatic heterocycles. The van der Waals surface area contributed by atoms with Gasteiger partial charge in [0.25, 0.3) is 0 Å². The Labute approximate surface area is 121 Å². The number of nitrogens with one attached hydrogen (secondary N) is 1. The van der Waals surface area contributed by atoms with E-state index in [1.165, 1.54) is 32.1 Å². The molecular weight excluding hydrogens is 252 g/mol. The van der Waals surface area contributed by atoms with Gasteiger partial charge in [0, 0.05) is 7.11 Å². The fourth-order valence-electron chi connectivity index (χ4n) is 4.75. The molecule has 1 aliphatic heterocycles. The van der Waals surface area contributed by atoms with Gasteiger partial charge in [-0.15, -0.1) is 0 Å². The Hall–Kier alpha value is -0.610. The van der Waals surface area contributed by atoms with Gasteiger partial charge in [-0.2, -0.15) is 0 Å². The van der Waals surface area contributed by atoms with Crippen LogP contribution < -0.4 is 5.32 Å². The van der Waals surface area contributed by atoms with E-state index in [-0.39, 0.29) is 17.8 Å². The highest BCUT2D eigenvalue weighted by Crippen LogP contribution is 2.47. The first-order valence-corrected chi connectivity index (χ1v) is 8.38. The predicted molar refractivity (Wildman–Crippen MR) is 76.1 cm³/mol. The molecule has 0 aromatic rings. The van der Waals surface area contributed by atoms with E-state index in [1.54, 1.807) is 7.11 Å². The van der Waals surface area contributed by atoms with Gasteiger partial charge >= 0.3 is 0 Å². The minimum Gasteiger partial charge on any atom is -0.379 e. The summed E-state index contributed by atoms with van der Waals surface area (Å²) in [4.78, 5) is 15.1. The quantitative estimate of drug-likeness (QED) is 0.859. The normalized spacial score (nSPS) is 40.1. The van der Waals surface area contributed by atoms with E-state index in [4.69, 9.17) is 4.74 Å². The minimum absolute atomic E-state index is 0.172. The van der Waals surface area contributed by atoms with Gasteiger partial charge in [0.15, 0.2) is 0 Å². The molecule has 0 bridgehead atoms. The van der Waals surface area contributed by atoms with Crippen molar-refractivity contribution in [2.75, 3.05) is 7.11 Å². The Morgan fingerprint density at radius 2 is 1.90 bits per heavy atom. The van der Waals surface area contributed by atoms with Crippen LogP contribution in [0.15, 0.2) is 0 Å². The second-order valence-corrected chi connectivity index (χ2v) is 7.20. The molecule has 3 saturated carbocycles. The van der Waals surface area contributed by atoms with Crippen LogP contribution in [0.1, 0.15) is 57.8 Å². The van der Waals surface area contributed by atoms with Crippen LogP contribution >= 0.6 is 0 Å². The molecule has 0 radical (unpaired) electrons. The first-order chi connectivity index (χ1) is 9.75. The zero-order chi connectivity index (χ0) is 13.7. The molecule has 1 N–H and O–H groups in total. The molecule has 4 aliphatic rings. The lowest BCUT2D eigenvalue weighted by Crippen LogP contribution is -2.51. The van der Waals surface area contributed by atoms with Gasteiger partial charge in [-0.1, -0.05) is 12.8 Å². The number of carbonyl (C=O) groups excluding carboxylic acids is 1. The molecule has 3 aliphatic carbocycles. The van der Waals surface area contributed by atoms with Crippen molar-refractivity contribution in [2.45, 2.75) is 81.6 Å². The van der Waals surface area contributed by atoms with Crippen LogP contribution in [0, 0.1) is 5.92 Å². The number of nitrogens with zero attached hydrogens (tertiary/aromatic N) is 1. The smallest absolute Gasteiger partial charge is 0.244 e. The Balaban J connectivity index is 1.61. The summed E-state index contributed by atoms with van der Waals surface area (Å²) in [6.07, 6.45) is 11.2. The highest BCUT2D eigenvalue weighted by molar-refractivity contribution is 5.92. The molecule has 4 nitrogen and oxygen atoms in total. The summed E-state index contributed by atoms with van der Waals surface area (Å²) >= 11 is 0. The fourth-order valence-corrected chi connectivity index (χ4v) is 4.75. The average molecular weight is 278 g/mol.